The zero-order valence-electron chi connectivity index (χ0n) is 9.44. The summed E-state index contributed by atoms with van der Waals surface area (Å²) in [6.07, 6.45) is 4.61. The van der Waals surface area contributed by atoms with E-state index in [4.69, 9.17) is 0 Å². The van der Waals surface area contributed by atoms with Gasteiger partial charge in [0.25, 0.3) is 0 Å². The monoisotopic (exact) mass is 225 g/mol. The molecule has 0 bridgehead atoms. The summed E-state index contributed by atoms with van der Waals surface area (Å²) >= 11 is 1.76. The first kappa shape index (κ1) is 11.0. The molecule has 4 heteroatoms. The predicted octanol–water partition coefficient (Wildman–Crippen LogP) is 1.89. The second kappa shape index (κ2) is 5.05. The van der Waals surface area contributed by atoms with Crippen molar-refractivity contribution >= 4 is 11.3 Å². The number of likely N-dealkylation sites (tertiary alicyclic amines) is 1. The average molecular weight is 225 g/mol. The van der Waals surface area contributed by atoms with Crippen molar-refractivity contribution in [1.29, 1.82) is 0 Å². The van der Waals surface area contributed by atoms with Gasteiger partial charge < -0.3 is 5.32 Å². The van der Waals surface area contributed by atoms with Crippen LogP contribution < -0.4 is 5.32 Å². The number of nitrogens with zero attached hydrogens (tertiary/aromatic N) is 2. The number of thiazole rings is 1. The second-order valence-corrected chi connectivity index (χ2v) is 5.12. The Kier molecular flexibility index (Phi) is 3.72. The van der Waals surface area contributed by atoms with E-state index >= 15 is 0 Å². The summed E-state index contributed by atoms with van der Waals surface area (Å²) in [6.45, 7) is 4.67. The topological polar surface area (TPSA) is 28.2 Å². The molecule has 2 rings (SSSR count). The van der Waals surface area contributed by atoms with E-state index in [1.54, 1.807) is 11.3 Å². The highest BCUT2D eigenvalue weighted by atomic mass is 32.1. The molecule has 3 nitrogen and oxygen atoms in total. The predicted molar refractivity (Wildman–Crippen MR) is 64.2 cm³/mol. The van der Waals surface area contributed by atoms with E-state index in [2.05, 4.69) is 29.2 Å². The van der Waals surface area contributed by atoms with Crippen molar-refractivity contribution in [3.05, 3.63) is 16.6 Å². The van der Waals surface area contributed by atoms with Gasteiger partial charge in [-0.25, -0.2) is 0 Å². The van der Waals surface area contributed by atoms with Crippen LogP contribution in [0.5, 0.6) is 0 Å². The third kappa shape index (κ3) is 2.56. The molecule has 0 amide bonds. The van der Waals surface area contributed by atoms with Gasteiger partial charge in [0.1, 0.15) is 0 Å². The minimum absolute atomic E-state index is 0.522. The van der Waals surface area contributed by atoms with Crippen LogP contribution in [0.1, 0.15) is 30.7 Å². The third-order valence-corrected chi connectivity index (χ3v) is 4.22. The highest BCUT2D eigenvalue weighted by Crippen LogP contribution is 2.26. The van der Waals surface area contributed by atoms with Gasteiger partial charge in [-0.2, -0.15) is 0 Å². The lowest BCUT2D eigenvalue weighted by atomic mass is 10.0. The van der Waals surface area contributed by atoms with Crippen LogP contribution in [0.4, 0.5) is 0 Å². The van der Waals surface area contributed by atoms with E-state index in [9.17, 15) is 0 Å². The minimum Gasteiger partial charge on any atom is -0.316 e. The van der Waals surface area contributed by atoms with Crippen LogP contribution in [0.3, 0.4) is 0 Å². The highest BCUT2D eigenvalue weighted by molar-refractivity contribution is 7.09. The minimum atomic E-state index is 0.522. The third-order valence-electron chi connectivity index (χ3n) is 3.27. The van der Waals surface area contributed by atoms with Crippen LogP contribution in [0.25, 0.3) is 0 Å². The molecular formula is C11H19N3S. The molecule has 1 aromatic heterocycles. The number of rotatable bonds is 3. The Morgan fingerprint density at radius 3 is 3.20 bits per heavy atom. The molecule has 1 aliphatic rings. The van der Waals surface area contributed by atoms with Gasteiger partial charge in [0, 0.05) is 29.7 Å². The number of hydrogen-bond donors (Lipinski definition) is 1. The molecule has 1 N–H and O–H groups in total. The van der Waals surface area contributed by atoms with Gasteiger partial charge in [-0.3, -0.25) is 9.88 Å². The Labute approximate surface area is 95.5 Å². The molecule has 1 fully saturated rings. The zero-order valence-corrected chi connectivity index (χ0v) is 10.3. The maximum absolute atomic E-state index is 4.15. The van der Waals surface area contributed by atoms with Crippen molar-refractivity contribution in [2.45, 2.75) is 31.8 Å². The lowest BCUT2D eigenvalue weighted by Gasteiger charge is -2.36. The molecule has 84 valence electrons. The van der Waals surface area contributed by atoms with Crippen molar-refractivity contribution in [1.82, 2.24) is 15.2 Å². The van der Waals surface area contributed by atoms with Crippen LogP contribution in [0.15, 0.2) is 11.7 Å². The van der Waals surface area contributed by atoms with Gasteiger partial charge in [-0.1, -0.05) is 0 Å². The zero-order chi connectivity index (χ0) is 10.7. The van der Waals surface area contributed by atoms with E-state index in [0.717, 1.165) is 6.54 Å². The van der Waals surface area contributed by atoms with Crippen LogP contribution in [-0.2, 0) is 0 Å². The van der Waals surface area contributed by atoms with Gasteiger partial charge in [-0.05, 0) is 33.4 Å². The van der Waals surface area contributed by atoms with Gasteiger partial charge in [0.2, 0.25) is 0 Å². The smallest absolute Gasteiger partial charge is 0.0794 e. The summed E-state index contributed by atoms with van der Waals surface area (Å²) < 4.78 is 0. The highest BCUT2D eigenvalue weighted by Gasteiger charge is 2.23. The Balaban J connectivity index is 1.98. The largest absolute Gasteiger partial charge is 0.316 e. The van der Waals surface area contributed by atoms with Gasteiger partial charge in [0.15, 0.2) is 0 Å². The van der Waals surface area contributed by atoms with Crippen molar-refractivity contribution in [2.75, 3.05) is 20.1 Å². The van der Waals surface area contributed by atoms with E-state index in [0.29, 0.717) is 12.1 Å². The quantitative estimate of drug-likeness (QED) is 0.851. The van der Waals surface area contributed by atoms with Crippen molar-refractivity contribution in [2.24, 2.45) is 0 Å². The fourth-order valence-corrected chi connectivity index (χ4v) is 2.92. The summed E-state index contributed by atoms with van der Waals surface area (Å²) in [4.78, 5) is 8.09. The Morgan fingerprint density at radius 2 is 2.53 bits per heavy atom. The summed E-state index contributed by atoms with van der Waals surface area (Å²) in [6, 6.07) is 1.18. The Morgan fingerprint density at radius 1 is 1.67 bits per heavy atom. The first-order valence-electron chi connectivity index (χ1n) is 5.61. The summed E-state index contributed by atoms with van der Waals surface area (Å²) in [5.74, 6) is 0. The second-order valence-electron chi connectivity index (χ2n) is 4.20. The Hall–Kier alpha value is -0.450. The van der Waals surface area contributed by atoms with E-state index in [1.165, 1.54) is 24.3 Å². The number of likely N-dealkylation sites (N-methyl/N-ethyl adjacent to an activating group) is 1. The summed E-state index contributed by atoms with van der Waals surface area (Å²) in [7, 11) is 2.06. The van der Waals surface area contributed by atoms with E-state index in [1.807, 2.05) is 11.7 Å². The molecule has 15 heavy (non-hydrogen) atoms. The fourth-order valence-electron chi connectivity index (χ4n) is 2.21. The van der Waals surface area contributed by atoms with E-state index in [-0.39, 0.29) is 0 Å². The van der Waals surface area contributed by atoms with Crippen molar-refractivity contribution in [3.8, 4) is 0 Å². The molecule has 1 saturated heterocycles. The molecule has 0 aromatic carbocycles. The molecule has 2 heterocycles. The van der Waals surface area contributed by atoms with Crippen LogP contribution in [0.2, 0.25) is 0 Å². The molecule has 2 unspecified atom stereocenters. The average Bonchev–Trinajstić information content (AvgIpc) is 2.81. The van der Waals surface area contributed by atoms with Crippen LogP contribution in [0, 0.1) is 0 Å². The fraction of sp³-hybridized carbons (Fsp3) is 0.727. The first-order valence-corrected chi connectivity index (χ1v) is 6.49. The summed E-state index contributed by atoms with van der Waals surface area (Å²) in [5.41, 5.74) is 1.92. The standard InChI is InChI=1S/C11H19N3S/c1-9(11-6-13-8-15-11)14-5-3-4-10(7-14)12-2/h6,8-10,12H,3-5,7H2,1-2H3. The Bertz CT molecular complexity index is 286. The molecule has 1 aliphatic heterocycles. The molecule has 0 spiro atoms. The maximum Gasteiger partial charge on any atom is 0.0794 e. The molecule has 0 radical (unpaired) electrons. The van der Waals surface area contributed by atoms with Gasteiger partial charge in [-0.15, -0.1) is 11.3 Å². The molecule has 2 atom stereocenters. The van der Waals surface area contributed by atoms with Gasteiger partial charge in [0.05, 0.1) is 5.51 Å². The number of nitrogens with one attached hydrogen (secondary N) is 1. The number of aromatic nitrogens is 1. The lowest BCUT2D eigenvalue weighted by Crippen LogP contribution is -2.45. The lowest BCUT2D eigenvalue weighted by molar-refractivity contribution is 0.151. The molecule has 1 aromatic rings. The first-order chi connectivity index (χ1) is 7.31. The summed E-state index contributed by atoms with van der Waals surface area (Å²) in [5, 5.41) is 3.38. The number of hydrogen-bond acceptors (Lipinski definition) is 4. The van der Waals surface area contributed by atoms with Crippen LogP contribution >= 0.6 is 11.3 Å². The van der Waals surface area contributed by atoms with Crippen molar-refractivity contribution < 1.29 is 0 Å². The van der Waals surface area contributed by atoms with Crippen LogP contribution in [-0.4, -0.2) is 36.1 Å². The van der Waals surface area contributed by atoms with Gasteiger partial charge >= 0.3 is 0 Å². The molecular weight excluding hydrogens is 206 g/mol. The number of piperidine rings is 1. The molecule has 0 aliphatic carbocycles. The van der Waals surface area contributed by atoms with E-state index < -0.39 is 0 Å². The normalized spacial score (nSPS) is 25.3. The molecule has 0 saturated carbocycles. The maximum atomic E-state index is 4.15. The van der Waals surface area contributed by atoms with Crippen molar-refractivity contribution in [3.63, 3.8) is 0 Å². The SMILES string of the molecule is CNC1CCCN(C(C)c2cncs2)C1.